The first-order chi connectivity index (χ1) is 11.4. The summed E-state index contributed by atoms with van der Waals surface area (Å²) in [5.41, 5.74) is -0.0326. The number of hydrogen-bond donors (Lipinski definition) is 2. The van der Waals surface area contributed by atoms with Gasteiger partial charge in [-0.05, 0) is 50.4 Å². The van der Waals surface area contributed by atoms with Gasteiger partial charge in [0.15, 0.2) is 0 Å². The minimum Gasteiger partial charge on any atom is -0.371 e. The molecule has 0 bridgehead atoms. The molecule has 140 valence electrons. The Morgan fingerprint density at radius 1 is 1.20 bits per heavy atom. The number of anilines is 1. The summed E-state index contributed by atoms with van der Waals surface area (Å²) in [6.45, 7) is 2.17. The smallest absolute Gasteiger partial charge is 0.371 e. The second-order valence-corrected chi connectivity index (χ2v) is 6.47. The van der Waals surface area contributed by atoms with E-state index in [1.165, 1.54) is 12.1 Å². The van der Waals surface area contributed by atoms with Gasteiger partial charge in [0.05, 0.1) is 11.6 Å². The number of carbonyl (C=O) groups excluding carboxylic acids is 1. The van der Waals surface area contributed by atoms with Gasteiger partial charge in [0.2, 0.25) is 5.91 Å². The second kappa shape index (κ2) is 8.27. The first-order valence-corrected chi connectivity index (χ1v) is 8.39. The van der Waals surface area contributed by atoms with Gasteiger partial charge in [0.1, 0.15) is 0 Å². The molecule has 3 rings (SSSR count). The fraction of sp³-hybridized carbons (Fsp3) is 0.588. The first kappa shape index (κ1) is 19.8. The lowest BCUT2D eigenvalue weighted by Crippen LogP contribution is -2.49. The van der Waals surface area contributed by atoms with Crippen molar-refractivity contribution in [3.63, 3.8) is 0 Å². The molecule has 2 aliphatic heterocycles. The first-order valence-electron chi connectivity index (χ1n) is 8.39. The lowest BCUT2D eigenvalue weighted by atomic mass is 10.0. The van der Waals surface area contributed by atoms with Gasteiger partial charge in [0, 0.05) is 24.8 Å². The maximum absolute atomic E-state index is 12.8. The molecule has 0 aliphatic carbocycles. The zero-order valence-corrected chi connectivity index (χ0v) is 14.6. The van der Waals surface area contributed by atoms with E-state index >= 15 is 0 Å². The quantitative estimate of drug-likeness (QED) is 0.851. The number of alkyl halides is 3. The van der Waals surface area contributed by atoms with Crippen LogP contribution in [0.15, 0.2) is 24.3 Å². The van der Waals surface area contributed by atoms with Gasteiger partial charge in [-0.1, -0.05) is 6.07 Å². The Kier molecular flexibility index (Phi) is 6.57. The lowest BCUT2D eigenvalue weighted by molar-refractivity contribution is -0.137. The van der Waals surface area contributed by atoms with Crippen LogP contribution >= 0.6 is 12.4 Å². The molecule has 0 saturated carbocycles. The van der Waals surface area contributed by atoms with E-state index in [1.807, 2.05) is 4.90 Å². The second-order valence-electron chi connectivity index (χ2n) is 6.47. The summed E-state index contributed by atoms with van der Waals surface area (Å²) in [5.74, 6) is 0.0463. The molecule has 1 aromatic rings. The van der Waals surface area contributed by atoms with Gasteiger partial charge in [-0.2, -0.15) is 13.2 Å². The van der Waals surface area contributed by atoms with Crippen LogP contribution in [0.1, 0.15) is 31.2 Å². The minimum atomic E-state index is -4.32. The Morgan fingerprint density at radius 2 is 1.92 bits per heavy atom. The zero-order valence-electron chi connectivity index (χ0n) is 13.8. The Bertz CT molecular complexity index is 583. The van der Waals surface area contributed by atoms with Crippen LogP contribution in [0.3, 0.4) is 0 Å². The summed E-state index contributed by atoms with van der Waals surface area (Å²) in [4.78, 5) is 14.1. The molecule has 4 nitrogen and oxygen atoms in total. The van der Waals surface area contributed by atoms with Gasteiger partial charge in [-0.15, -0.1) is 12.4 Å². The topological polar surface area (TPSA) is 44.4 Å². The van der Waals surface area contributed by atoms with Crippen LogP contribution < -0.4 is 15.5 Å². The van der Waals surface area contributed by atoms with Crippen LogP contribution in [-0.2, 0) is 11.0 Å². The molecular weight excluding hydrogens is 355 g/mol. The maximum atomic E-state index is 12.8. The van der Waals surface area contributed by atoms with E-state index in [-0.39, 0.29) is 30.4 Å². The van der Waals surface area contributed by atoms with Gasteiger partial charge in [-0.25, -0.2) is 0 Å². The molecule has 1 unspecified atom stereocenters. The van der Waals surface area contributed by atoms with E-state index in [9.17, 15) is 18.0 Å². The Balaban J connectivity index is 0.00000225. The number of hydrogen-bond acceptors (Lipinski definition) is 3. The van der Waals surface area contributed by atoms with E-state index in [0.29, 0.717) is 18.8 Å². The van der Waals surface area contributed by atoms with E-state index in [0.717, 1.165) is 38.3 Å². The summed E-state index contributed by atoms with van der Waals surface area (Å²) in [7, 11) is 0. The molecule has 25 heavy (non-hydrogen) atoms. The highest BCUT2D eigenvalue weighted by Gasteiger charge is 2.31. The molecule has 0 aromatic heterocycles. The van der Waals surface area contributed by atoms with Gasteiger partial charge in [-0.3, -0.25) is 4.79 Å². The third-order valence-electron chi connectivity index (χ3n) is 4.76. The molecule has 2 saturated heterocycles. The average Bonchev–Trinajstić information content (AvgIpc) is 3.09. The monoisotopic (exact) mass is 377 g/mol. The molecule has 2 heterocycles. The van der Waals surface area contributed by atoms with Crippen molar-refractivity contribution in [3.8, 4) is 0 Å². The summed E-state index contributed by atoms with van der Waals surface area (Å²) in [5, 5.41) is 6.23. The van der Waals surface area contributed by atoms with Crippen molar-refractivity contribution in [3.05, 3.63) is 29.8 Å². The molecular formula is C17H23ClF3N3O. The molecule has 0 spiro atoms. The predicted octanol–water partition coefficient (Wildman–Crippen LogP) is 2.96. The summed E-state index contributed by atoms with van der Waals surface area (Å²) in [6, 6.07) is 5.44. The van der Waals surface area contributed by atoms with Gasteiger partial charge in [0.25, 0.3) is 0 Å². The third-order valence-corrected chi connectivity index (χ3v) is 4.76. The number of halogens is 4. The number of piperidine rings is 1. The number of benzene rings is 1. The Labute approximate surface area is 151 Å². The Hall–Kier alpha value is -1.47. The van der Waals surface area contributed by atoms with Gasteiger partial charge < -0.3 is 15.5 Å². The highest BCUT2D eigenvalue weighted by Crippen LogP contribution is 2.32. The predicted molar refractivity (Wildman–Crippen MR) is 93.1 cm³/mol. The van der Waals surface area contributed by atoms with Crippen LogP contribution in [0.4, 0.5) is 18.9 Å². The summed E-state index contributed by atoms with van der Waals surface area (Å²) < 4.78 is 38.4. The maximum Gasteiger partial charge on any atom is 0.416 e. The van der Waals surface area contributed by atoms with Crippen molar-refractivity contribution in [2.45, 2.75) is 43.9 Å². The van der Waals surface area contributed by atoms with Crippen LogP contribution in [0.25, 0.3) is 0 Å². The van der Waals surface area contributed by atoms with E-state index in [2.05, 4.69) is 10.6 Å². The SMILES string of the molecule is Cl.O=C(NC1CCN(c2cccc(C(F)(F)F)c2)CC1)C1CCCN1. The van der Waals surface area contributed by atoms with Crippen molar-refractivity contribution in [1.29, 1.82) is 0 Å². The highest BCUT2D eigenvalue weighted by molar-refractivity contribution is 5.85. The largest absolute Gasteiger partial charge is 0.416 e. The molecule has 2 N–H and O–H groups in total. The van der Waals surface area contributed by atoms with Crippen LogP contribution in [0.5, 0.6) is 0 Å². The standard InChI is InChI=1S/C17H22F3N3O.ClH/c18-17(19,20)12-3-1-4-14(11-12)23-9-6-13(7-10-23)22-16(24)15-5-2-8-21-15;/h1,3-4,11,13,15,21H,2,5-10H2,(H,22,24);1H. The fourth-order valence-corrected chi connectivity index (χ4v) is 3.37. The van der Waals surface area contributed by atoms with Crippen LogP contribution in [-0.4, -0.2) is 37.6 Å². The van der Waals surface area contributed by atoms with E-state index in [4.69, 9.17) is 0 Å². The number of amides is 1. The van der Waals surface area contributed by atoms with Crippen molar-refractivity contribution in [2.24, 2.45) is 0 Å². The normalized spacial score (nSPS) is 21.7. The minimum absolute atomic E-state index is 0. The van der Waals surface area contributed by atoms with Crippen molar-refractivity contribution >= 4 is 24.0 Å². The number of carbonyl (C=O) groups is 1. The molecule has 2 aliphatic rings. The van der Waals surface area contributed by atoms with Crippen molar-refractivity contribution in [1.82, 2.24) is 10.6 Å². The highest BCUT2D eigenvalue weighted by atomic mass is 35.5. The molecule has 1 atom stereocenters. The Morgan fingerprint density at radius 3 is 2.52 bits per heavy atom. The van der Waals surface area contributed by atoms with Gasteiger partial charge >= 0.3 is 6.18 Å². The fourth-order valence-electron chi connectivity index (χ4n) is 3.37. The van der Waals surface area contributed by atoms with Crippen LogP contribution in [0, 0.1) is 0 Å². The summed E-state index contributed by atoms with van der Waals surface area (Å²) >= 11 is 0. The van der Waals surface area contributed by atoms with E-state index < -0.39 is 11.7 Å². The number of rotatable bonds is 3. The molecule has 0 radical (unpaired) electrons. The lowest BCUT2D eigenvalue weighted by Gasteiger charge is -2.34. The van der Waals surface area contributed by atoms with E-state index in [1.54, 1.807) is 6.07 Å². The molecule has 1 aromatic carbocycles. The molecule has 2 fully saturated rings. The van der Waals surface area contributed by atoms with Crippen molar-refractivity contribution in [2.75, 3.05) is 24.5 Å². The number of nitrogens with one attached hydrogen (secondary N) is 2. The number of nitrogens with zero attached hydrogens (tertiary/aromatic N) is 1. The molecule has 8 heteroatoms. The average molecular weight is 378 g/mol. The molecule has 1 amide bonds. The van der Waals surface area contributed by atoms with Crippen LogP contribution in [0.2, 0.25) is 0 Å². The third kappa shape index (κ3) is 5.01. The zero-order chi connectivity index (χ0) is 17.2. The summed E-state index contributed by atoms with van der Waals surface area (Å²) in [6.07, 6.45) is -0.943. The van der Waals surface area contributed by atoms with Crippen molar-refractivity contribution < 1.29 is 18.0 Å².